The molecule has 144 valence electrons. The third-order valence-electron chi connectivity index (χ3n) is 5.12. The van der Waals surface area contributed by atoms with Crippen LogP contribution in [0.1, 0.15) is 35.6 Å². The van der Waals surface area contributed by atoms with E-state index in [0.717, 1.165) is 24.9 Å². The topological polar surface area (TPSA) is 48.0 Å². The molecule has 1 atom stereocenters. The highest BCUT2D eigenvalue weighted by Crippen LogP contribution is 2.39. The summed E-state index contributed by atoms with van der Waals surface area (Å²) in [5.41, 5.74) is 3.28. The van der Waals surface area contributed by atoms with Gasteiger partial charge in [-0.3, -0.25) is 4.79 Å². The average molecular weight is 369 g/mol. The van der Waals surface area contributed by atoms with Crippen molar-refractivity contribution >= 4 is 5.91 Å². The van der Waals surface area contributed by atoms with Crippen molar-refractivity contribution in [2.45, 2.75) is 32.2 Å². The van der Waals surface area contributed by atoms with Crippen molar-refractivity contribution in [2.24, 2.45) is 0 Å². The monoisotopic (exact) mass is 369 g/mol. The first kappa shape index (κ1) is 19.1. The first-order valence-electron chi connectivity index (χ1n) is 9.22. The third kappa shape index (κ3) is 4.02. The van der Waals surface area contributed by atoms with Crippen LogP contribution in [-0.2, 0) is 11.2 Å². The lowest BCUT2D eigenvalue weighted by Gasteiger charge is -2.25. The van der Waals surface area contributed by atoms with Crippen molar-refractivity contribution in [1.29, 1.82) is 0 Å². The normalized spacial score (nSPS) is 16.3. The van der Waals surface area contributed by atoms with Gasteiger partial charge in [-0.05, 0) is 43.0 Å². The Balaban J connectivity index is 1.81. The van der Waals surface area contributed by atoms with Crippen LogP contribution in [0.4, 0.5) is 0 Å². The van der Waals surface area contributed by atoms with E-state index >= 15 is 0 Å². The molecule has 5 nitrogen and oxygen atoms in total. The van der Waals surface area contributed by atoms with Gasteiger partial charge in [-0.1, -0.05) is 29.8 Å². The van der Waals surface area contributed by atoms with Crippen LogP contribution in [0.3, 0.4) is 0 Å². The molecule has 0 bridgehead atoms. The highest BCUT2D eigenvalue weighted by molar-refractivity contribution is 5.80. The standard InChI is InChI=1S/C22H27NO4/c1-15-7-9-17(10-8-15)18-6-5-11-23(18)21(24)14-16-12-19(25-2)22(27-4)20(13-16)26-3/h7-10,12-13,18H,5-6,11,14H2,1-4H3/t18-/m0/s1. The number of ether oxygens (including phenoxy) is 3. The van der Waals surface area contributed by atoms with Gasteiger partial charge in [0.2, 0.25) is 11.7 Å². The maximum Gasteiger partial charge on any atom is 0.227 e. The molecule has 0 aliphatic carbocycles. The molecule has 1 fully saturated rings. The molecule has 1 saturated heterocycles. The van der Waals surface area contributed by atoms with Crippen molar-refractivity contribution in [3.05, 3.63) is 53.1 Å². The predicted octanol–water partition coefficient (Wildman–Crippen LogP) is 3.93. The van der Waals surface area contributed by atoms with Gasteiger partial charge in [-0.15, -0.1) is 0 Å². The van der Waals surface area contributed by atoms with Gasteiger partial charge in [0.1, 0.15) is 0 Å². The number of hydrogen-bond donors (Lipinski definition) is 0. The first-order valence-corrected chi connectivity index (χ1v) is 9.22. The molecule has 1 aliphatic heterocycles. The molecule has 5 heteroatoms. The summed E-state index contributed by atoms with van der Waals surface area (Å²) in [6, 6.07) is 12.3. The Morgan fingerprint density at radius 1 is 1.04 bits per heavy atom. The molecule has 0 N–H and O–H groups in total. The number of likely N-dealkylation sites (tertiary alicyclic amines) is 1. The quantitative estimate of drug-likeness (QED) is 0.774. The Morgan fingerprint density at radius 2 is 1.67 bits per heavy atom. The molecular weight excluding hydrogens is 342 g/mol. The van der Waals surface area contributed by atoms with E-state index in [0.29, 0.717) is 23.7 Å². The van der Waals surface area contributed by atoms with Gasteiger partial charge < -0.3 is 19.1 Å². The van der Waals surface area contributed by atoms with Crippen LogP contribution in [-0.4, -0.2) is 38.7 Å². The van der Waals surface area contributed by atoms with Crippen molar-refractivity contribution < 1.29 is 19.0 Å². The fraction of sp³-hybridized carbons (Fsp3) is 0.409. The van der Waals surface area contributed by atoms with Crippen molar-refractivity contribution in [3.63, 3.8) is 0 Å². The fourth-order valence-electron chi connectivity index (χ4n) is 3.71. The van der Waals surface area contributed by atoms with E-state index < -0.39 is 0 Å². The zero-order chi connectivity index (χ0) is 19.4. The minimum Gasteiger partial charge on any atom is -0.493 e. The Bertz CT molecular complexity index is 775. The number of methoxy groups -OCH3 is 3. The predicted molar refractivity (Wildman–Crippen MR) is 105 cm³/mol. The minimum atomic E-state index is 0.118. The van der Waals surface area contributed by atoms with E-state index in [2.05, 4.69) is 31.2 Å². The molecule has 2 aromatic carbocycles. The van der Waals surface area contributed by atoms with Gasteiger partial charge >= 0.3 is 0 Å². The molecule has 0 aromatic heterocycles. The zero-order valence-electron chi connectivity index (χ0n) is 16.5. The molecule has 1 heterocycles. The van der Waals surface area contributed by atoms with Gasteiger partial charge in [-0.2, -0.15) is 0 Å². The molecule has 0 radical (unpaired) electrons. The van der Waals surface area contributed by atoms with E-state index in [4.69, 9.17) is 14.2 Å². The van der Waals surface area contributed by atoms with Crippen molar-refractivity contribution in [3.8, 4) is 17.2 Å². The first-order chi connectivity index (χ1) is 13.1. The van der Waals surface area contributed by atoms with Crippen molar-refractivity contribution in [1.82, 2.24) is 4.90 Å². The molecule has 27 heavy (non-hydrogen) atoms. The summed E-state index contributed by atoms with van der Waals surface area (Å²) in [6.07, 6.45) is 2.34. The molecule has 2 aromatic rings. The number of carbonyl (C=O) groups is 1. The maximum absolute atomic E-state index is 13.0. The van der Waals surface area contributed by atoms with Gasteiger partial charge in [0.05, 0.1) is 33.8 Å². The Kier molecular flexibility index (Phi) is 5.89. The Morgan fingerprint density at radius 3 is 2.22 bits per heavy atom. The fourth-order valence-corrected chi connectivity index (χ4v) is 3.71. The van der Waals surface area contributed by atoms with E-state index in [1.807, 2.05) is 17.0 Å². The second kappa shape index (κ2) is 8.33. The number of rotatable bonds is 6. The molecule has 0 saturated carbocycles. The van der Waals surface area contributed by atoms with E-state index in [9.17, 15) is 4.79 Å². The third-order valence-corrected chi connectivity index (χ3v) is 5.12. The highest BCUT2D eigenvalue weighted by atomic mass is 16.5. The lowest BCUT2D eigenvalue weighted by atomic mass is 10.0. The van der Waals surface area contributed by atoms with Gasteiger partial charge in [0, 0.05) is 6.54 Å². The molecule has 3 rings (SSSR count). The summed E-state index contributed by atoms with van der Waals surface area (Å²) in [7, 11) is 4.73. The minimum absolute atomic E-state index is 0.118. The number of amides is 1. The second-order valence-electron chi connectivity index (χ2n) is 6.87. The van der Waals surface area contributed by atoms with Crippen molar-refractivity contribution in [2.75, 3.05) is 27.9 Å². The summed E-state index contributed by atoms with van der Waals surface area (Å²) in [6.45, 7) is 2.87. The maximum atomic E-state index is 13.0. The zero-order valence-corrected chi connectivity index (χ0v) is 16.5. The molecular formula is C22H27NO4. The van der Waals surface area contributed by atoms with E-state index in [-0.39, 0.29) is 11.9 Å². The van der Waals surface area contributed by atoms with Crippen LogP contribution < -0.4 is 14.2 Å². The van der Waals surface area contributed by atoms with Crippen LogP contribution >= 0.6 is 0 Å². The van der Waals surface area contributed by atoms with Crippen LogP contribution in [0.2, 0.25) is 0 Å². The SMILES string of the molecule is COc1cc(CC(=O)N2CCC[C@H]2c2ccc(C)cc2)cc(OC)c1OC. The molecule has 1 aliphatic rings. The highest BCUT2D eigenvalue weighted by Gasteiger charge is 2.30. The van der Waals surface area contributed by atoms with Gasteiger partial charge in [-0.25, -0.2) is 0 Å². The van der Waals surface area contributed by atoms with Crippen LogP contribution in [0.5, 0.6) is 17.2 Å². The van der Waals surface area contributed by atoms with Gasteiger partial charge in [0.15, 0.2) is 11.5 Å². The van der Waals surface area contributed by atoms with E-state index in [1.54, 1.807) is 21.3 Å². The van der Waals surface area contributed by atoms with Crippen LogP contribution in [0.15, 0.2) is 36.4 Å². The summed E-state index contributed by atoms with van der Waals surface area (Å²) in [5.74, 6) is 1.79. The summed E-state index contributed by atoms with van der Waals surface area (Å²) < 4.78 is 16.2. The Labute approximate surface area is 160 Å². The Hall–Kier alpha value is -2.69. The average Bonchev–Trinajstić information content (AvgIpc) is 3.17. The van der Waals surface area contributed by atoms with Gasteiger partial charge in [0.25, 0.3) is 0 Å². The number of nitrogens with zero attached hydrogens (tertiary/aromatic N) is 1. The summed E-state index contributed by atoms with van der Waals surface area (Å²) >= 11 is 0. The number of benzene rings is 2. The second-order valence-corrected chi connectivity index (χ2v) is 6.87. The lowest BCUT2D eigenvalue weighted by Crippen LogP contribution is -2.31. The molecule has 1 amide bonds. The summed E-state index contributed by atoms with van der Waals surface area (Å²) in [5, 5.41) is 0. The van der Waals surface area contributed by atoms with Crippen LogP contribution in [0, 0.1) is 6.92 Å². The van der Waals surface area contributed by atoms with E-state index in [1.165, 1.54) is 11.1 Å². The number of aryl methyl sites for hydroxylation is 1. The molecule has 0 unspecified atom stereocenters. The van der Waals surface area contributed by atoms with Crippen LogP contribution in [0.25, 0.3) is 0 Å². The number of hydrogen-bond acceptors (Lipinski definition) is 4. The molecule has 0 spiro atoms. The lowest BCUT2D eigenvalue weighted by molar-refractivity contribution is -0.131. The summed E-state index contributed by atoms with van der Waals surface area (Å²) in [4.78, 5) is 15.0. The number of carbonyl (C=O) groups excluding carboxylic acids is 1. The largest absolute Gasteiger partial charge is 0.493 e. The smallest absolute Gasteiger partial charge is 0.227 e.